The maximum Gasteiger partial charge on any atom is 0.294 e. The Labute approximate surface area is 123 Å². The third-order valence-electron chi connectivity index (χ3n) is 3.58. The van der Waals surface area contributed by atoms with Crippen LogP contribution in [0.2, 0.25) is 0 Å². The van der Waals surface area contributed by atoms with Crippen LogP contribution in [0, 0.1) is 0 Å². The number of hydrazine groups is 1. The average molecular weight is 297 g/mol. The summed E-state index contributed by atoms with van der Waals surface area (Å²) in [5, 5.41) is 2.36. The van der Waals surface area contributed by atoms with Crippen molar-refractivity contribution in [3.63, 3.8) is 0 Å². The fourth-order valence-corrected chi connectivity index (χ4v) is 3.06. The molecule has 2 heterocycles. The van der Waals surface area contributed by atoms with Gasteiger partial charge in [0.15, 0.2) is 5.01 Å². The molecular weight excluding hydrogens is 274 g/mol. The number of carbonyl (C=O) groups excluding carboxylic acids is 1. The third kappa shape index (κ3) is 3.76. The van der Waals surface area contributed by atoms with Crippen LogP contribution in [0.25, 0.3) is 0 Å². The molecule has 1 aliphatic rings. The van der Waals surface area contributed by atoms with E-state index in [0.717, 1.165) is 38.4 Å². The van der Waals surface area contributed by atoms with Gasteiger partial charge in [0.25, 0.3) is 5.91 Å². The van der Waals surface area contributed by atoms with Gasteiger partial charge >= 0.3 is 0 Å². The van der Waals surface area contributed by atoms with Gasteiger partial charge in [0, 0.05) is 43.6 Å². The summed E-state index contributed by atoms with van der Waals surface area (Å²) in [4.78, 5) is 20.6. The molecule has 1 amide bonds. The number of hydrogen-bond donors (Lipinski definition) is 2. The number of amides is 1. The van der Waals surface area contributed by atoms with Crippen molar-refractivity contribution in [1.29, 1.82) is 0 Å². The molecule has 3 N–H and O–H groups in total. The van der Waals surface area contributed by atoms with Crippen LogP contribution in [-0.2, 0) is 6.54 Å². The molecule has 2 rings (SSSR count). The Morgan fingerprint density at radius 1 is 1.40 bits per heavy atom. The van der Waals surface area contributed by atoms with Gasteiger partial charge in [0.1, 0.15) is 0 Å². The maximum atomic E-state index is 11.4. The van der Waals surface area contributed by atoms with Crippen molar-refractivity contribution in [2.75, 3.05) is 26.2 Å². The molecule has 0 unspecified atom stereocenters. The molecule has 0 aliphatic carbocycles. The summed E-state index contributed by atoms with van der Waals surface area (Å²) < 4.78 is 0. The van der Waals surface area contributed by atoms with Gasteiger partial charge in [0.2, 0.25) is 0 Å². The second-order valence-electron chi connectivity index (χ2n) is 6.05. The topological polar surface area (TPSA) is 74.5 Å². The normalized spacial score (nSPS) is 18.2. The molecule has 0 saturated carbocycles. The first-order valence-electron chi connectivity index (χ1n) is 6.83. The molecule has 1 aliphatic heterocycles. The molecule has 1 fully saturated rings. The summed E-state index contributed by atoms with van der Waals surface area (Å²) >= 11 is 1.34. The van der Waals surface area contributed by atoms with Crippen molar-refractivity contribution in [2.45, 2.75) is 32.9 Å². The van der Waals surface area contributed by atoms with E-state index >= 15 is 0 Å². The molecule has 0 aromatic carbocycles. The Morgan fingerprint density at radius 2 is 2.05 bits per heavy atom. The highest BCUT2D eigenvalue weighted by molar-refractivity contribution is 7.11. The van der Waals surface area contributed by atoms with E-state index in [2.05, 4.69) is 41.0 Å². The smallest absolute Gasteiger partial charge is 0.294 e. The van der Waals surface area contributed by atoms with Crippen molar-refractivity contribution in [2.24, 2.45) is 5.84 Å². The molecular formula is C13H23N5OS. The van der Waals surface area contributed by atoms with Gasteiger partial charge in [-0.2, -0.15) is 0 Å². The molecule has 7 heteroatoms. The molecule has 1 aromatic heterocycles. The van der Waals surface area contributed by atoms with E-state index in [1.807, 2.05) is 5.38 Å². The van der Waals surface area contributed by atoms with E-state index in [1.165, 1.54) is 11.3 Å². The van der Waals surface area contributed by atoms with E-state index in [4.69, 9.17) is 5.84 Å². The van der Waals surface area contributed by atoms with Gasteiger partial charge in [-0.1, -0.05) is 0 Å². The molecule has 112 valence electrons. The Kier molecular flexibility index (Phi) is 4.74. The van der Waals surface area contributed by atoms with Gasteiger partial charge in [-0.25, -0.2) is 10.8 Å². The van der Waals surface area contributed by atoms with Crippen molar-refractivity contribution >= 4 is 17.2 Å². The Morgan fingerprint density at radius 3 is 2.60 bits per heavy atom. The van der Waals surface area contributed by atoms with Crippen LogP contribution in [0.3, 0.4) is 0 Å². The van der Waals surface area contributed by atoms with Crippen molar-refractivity contribution in [3.05, 3.63) is 16.1 Å². The first-order chi connectivity index (χ1) is 9.40. The second kappa shape index (κ2) is 6.17. The first-order valence-corrected chi connectivity index (χ1v) is 7.71. The largest absolute Gasteiger partial charge is 0.296 e. The Balaban J connectivity index is 1.87. The number of hydrogen-bond acceptors (Lipinski definition) is 6. The molecule has 0 bridgehead atoms. The van der Waals surface area contributed by atoms with Gasteiger partial charge in [-0.15, -0.1) is 11.3 Å². The van der Waals surface area contributed by atoms with Crippen molar-refractivity contribution < 1.29 is 4.79 Å². The van der Waals surface area contributed by atoms with Crippen LogP contribution in [0.4, 0.5) is 0 Å². The number of thiazole rings is 1. The highest BCUT2D eigenvalue weighted by Crippen LogP contribution is 2.18. The Bertz CT molecular complexity index is 460. The van der Waals surface area contributed by atoms with E-state index < -0.39 is 0 Å². The summed E-state index contributed by atoms with van der Waals surface area (Å²) in [6.07, 6.45) is 0. The van der Waals surface area contributed by atoms with Crippen LogP contribution in [-0.4, -0.2) is 52.4 Å². The quantitative estimate of drug-likeness (QED) is 0.487. The van der Waals surface area contributed by atoms with E-state index in [9.17, 15) is 4.79 Å². The van der Waals surface area contributed by atoms with Crippen LogP contribution < -0.4 is 11.3 Å². The lowest BCUT2D eigenvalue weighted by Crippen LogP contribution is -2.53. The maximum absolute atomic E-state index is 11.4. The Hall–Kier alpha value is -1.02. The monoisotopic (exact) mass is 297 g/mol. The third-order valence-corrected chi connectivity index (χ3v) is 4.47. The van der Waals surface area contributed by atoms with E-state index in [0.29, 0.717) is 5.01 Å². The average Bonchev–Trinajstić information content (AvgIpc) is 2.86. The second-order valence-corrected chi connectivity index (χ2v) is 6.91. The van der Waals surface area contributed by atoms with Gasteiger partial charge < -0.3 is 0 Å². The molecule has 6 nitrogen and oxygen atoms in total. The molecule has 0 atom stereocenters. The summed E-state index contributed by atoms with van der Waals surface area (Å²) in [6.45, 7) is 11.8. The summed E-state index contributed by atoms with van der Waals surface area (Å²) in [5.41, 5.74) is 3.29. The van der Waals surface area contributed by atoms with Gasteiger partial charge in [0.05, 0.1) is 5.69 Å². The minimum atomic E-state index is -0.321. The standard InChI is InChI=1S/C13H23N5OS/c1-13(2,3)18-6-4-17(5-7-18)8-10-9-20-12(15-10)11(19)16-14/h9H,4-8,14H2,1-3H3,(H,16,19). The zero-order valence-electron chi connectivity index (χ0n) is 12.3. The number of nitrogen functional groups attached to an aromatic ring is 1. The van der Waals surface area contributed by atoms with Crippen LogP contribution in [0.1, 0.15) is 36.3 Å². The fourth-order valence-electron chi connectivity index (χ4n) is 2.35. The van der Waals surface area contributed by atoms with Gasteiger partial charge in [-0.05, 0) is 20.8 Å². The fraction of sp³-hybridized carbons (Fsp3) is 0.692. The lowest BCUT2D eigenvalue weighted by atomic mass is 10.1. The predicted octanol–water partition coefficient (Wildman–Crippen LogP) is 0.663. The van der Waals surface area contributed by atoms with Crippen LogP contribution >= 0.6 is 11.3 Å². The van der Waals surface area contributed by atoms with Crippen LogP contribution in [0.5, 0.6) is 0 Å². The molecule has 20 heavy (non-hydrogen) atoms. The summed E-state index contributed by atoms with van der Waals surface area (Å²) in [5.74, 6) is 4.78. The van der Waals surface area contributed by atoms with Crippen LogP contribution in [0.15, 0.2) is 5.38 Å². The highest BCUT2D eigenvalue weighted by Gasteiger charge is 2.26. The summed E-state index contributed by atoms with van der Waals surface area (Å²) in [6, 6.07) is 0. The zero-order valence-corrected chi connectivity index (χ0v) is 13.2. The predicted molar refractivity (Wildman–Crippen MR) is 80.4 cm³/mol. The van der Waals surface area contributed by atoms with E-state index in [-0.39, 0.29) is 11.4 Å². The number of piperazine rings is 1. The minimum Gasteiger partial charge on any atom is -0.296 e. The molecule has 1 aromatic rings. The van der Waals surface area contributed by atoms with E-state index in [1.54, 1.807) is 0 Å². The molecule has 0 radical (unpaired) electrons. The number of nitrogens with one attached hydrogen (secondary N) is 1. The minimum absolute atomic E-state index is 0.235. The highest BCUT2D eigenvalue weighted by atomic mass is 32.1. The number of carbonyl (C=O) groups is 1. The SMILES string of the molecule is CC(C)(C)N1CCN(Cc2csc(C(=O)NN)n2)CC1. The zero-order chi connectivity index (χ0) is 14.8. The molecule has 0 spiro atoms. The number of rotatable bonds is 3. The first kappa shape index (κ1) is 15.4. The summed E-state index contributed by atoms with van der Waals surface area (Å²) in [7, 11) is 0. The lowest BCUT2D eigenvalue weighted by Gasteiger charge is -2.42. The van der Waals surface area contributed by atoms with Crippen molar-refractivity contribution in [1.82, 2.24) is 20.2 Å². The number of nitrogens with zero attached hydrogens (tertiary/aromatic N) is 3. The molecule has 1 saturated heterocycles. The number of aromatic nitrogens is 1. The lowest BCUT2D eigenvalue weighted by molar-refractivity contribution is 0.0586. The number of nitrogens with two attached hydrogens (primary N) is 1. The van der Waals surface area contributed by atoms with Gasteiger partial charge in [-0.3, -0.25) is 20.0 Å². The van der Waals surface area contributed by atoms with Crippen molar-refractivity contribution in [3.8, 4) is 0 Å².